The van der Waals surface area contributed by atoms with Gasteiger partial charge in [-0.15, -0.1) is 0 Å². The van der Waals surface area contributed by atoms with Crippen molar-refractivity contribution in [2.75, 3.05) is 0 Å². The largest absolute Gasteiger partial charge is 0.439 e. The van der Waals surface area contributed by atoms with Gasteiger partial charge in [-0.05, 0) is 56.4 Å². The monoisotopic (exact) mass is 274 g/mol. The van der Waals surface area contributed by atoms with Gasteiger partial charge in [0, 0.05) is 5.56 Å². The van der Waals surface area contributed by atoms with Gasteiger partial charge in [0.15, 0.2) is 0 Å². The van der Waals surface area contributed by atoms with Crippen LogP contribution in [0.5, 0.6) is 11.6 Å². The summed E-state index contributed by atoms with van der Waals surface area (Å²) in [4.78, 5) is 8.41. The van der Waals surface area contributed by atoms with Gasteiger partial charge >= 0.3 is 0 Å². The molecular formula is C15H15ClN2O. The highest BCUT2D eigenvalue weighted by molar-refractivity contribution is 6.30. The van der Waals surface area contributed by atoms with Gasteiger partial charge < -0.3 is 4.74 Å². The van der Waals surface area contributed by atoms with E-state index in [1.165, 1.54) is 24.0 Å². The third-order valence-electron chi connectivity index (χ3n) is 3.44. The van der Waals surface area contributed by atoms with E-state index >= 15 is 0 Å². The average molecular weight is 275 g/mol. The van der Waals surface area contributed by atoms with Crippen molar-refractivity contribution in [1.29, 1.82) is 0 Å². The Hall–Kier alpha value is -1.61. The summed E-state index contributed by atoms with van der Waals surface area (Å²) in [6.45, 7) is 3.67. The summed E-state index contributed by atoms with van der Waals surface area (Å²) in [5, 5.41) is 0.448. The van der Waals surface area contributed by atoms with Crippen molar-refractivity contribution in [3.05, 3.63) is 45.9 Å². The van der Waals surface area contributed by atoms with Gasteiger partial charge in [0.1, 0.15) is 16.7 Å². The Balaban J connectivity index is 1.93. The van der Waals surface area contributed by atoms with Crippen molar-refractivity contribution >= 4 is 11.6 Å². The van der Waals surface area contributed by atoms with Gasteiger partial charge in [0.25, 0.3) is 0 Å². The van der Waals surface area contributed by atoms with Crippen LogP contribution >= 0.6 is 11.6 Å². The Morgan fingerprint density at radius 2 is 1.89 bits per heavy atom. The molecule has 0 aliphatic heterocycles. The zero-order valence-electron chi connectivity index (χ0n) is 11.0. The molecule has 1 aliphatic rings. The van der Waals surface area contributed by atoms with Gasteiger partial charge in [-0.2, -0.15) is 4.98 Å². The Morgan fingerprint density at radius 1 is 1.11 bits per heavy atom. The highest BCUT2D eigenvalue weighted by Crippen LogP contribution is 2.30. The fourth-order valence-electron chi connectivity index (χ4n) is 2.39. The highest BCUT2D eigenvalue weighted by atomic mass is 35.5. The van der Waals surface area contributed by atoms with E-state index in [0.717, 1.165) is 17.7 Å². The molecule has 3 rings (SSSR count). The lowest BCUT2D eigenvalue weighted by Crippen LogP contribution is -1.98. The zero-order chi connectivity index (χ0) is 13.4. The normalized spacial score (nSPS) is 13.4. The molecule has 1 heterocycles. The number of hydrogen-bond acceptors (Lipinski definition) is 3. The van der Waals surface area contributed by atoms with Gasteiger partial charge in [0.05, 0.1) is 0 Å². The van der Waals surface area contributed by atoms with Crippen LogP contribution < -0.4 is 4.74 Å². The summed E-state index contributed by atoms with van der Waals surface area (Å²) >= 11 is 6.05. The van der Waals surface area contributed by atoms with E-state index in [9.17, 15) is 0 Å². The molecule has 0 radical (unpaired) electrons. The lowest BCUT2D eigenvalue weighted by atomic mass is 10.1. The number of aryl methyl sites for hydroxylation is 3. The minimum absolute atomic E-state index is 0.448. The van der Waals surface area contributed by atoms with E-state index in [2.05, 4.69) is 22.1 Å². The number of nitrogens with zero attached hydrogens (tertiary/aromatic N) is 2. The van der Waals surface area contributed by atoms with Crippen LogP contribution in [-0.2, 0) is 12.8 Å². The van der Waals surface area contributed by atoms with Crippen LogP contribution in [0.25, 0.3) is 0 Å². The predicted octanol–water partition coefficient (Wildman–Crippen LogP) is 4.03. The summed E-state index contributed by atoms with van der Waals surface area (Å²) < 4.78 is 5.86. The van der Waals surface area contributed by atoms with Crippen LogP contribution in [0, 0.1) is 13.8 Å². The van der Waals surface area contributed by atoms with Crippen LogP contribution in [0.15, 0.2) is 18.2 Å². The Kier molecular flexibility index (Phi) is 3.15. The fraction of sp³-hybridized carbons (Fsp3) is 0.333. The molecule has 0 bridgehead atoms. The van der Waals surface area contributed by atoms with Gasteiger partial charge in [-0.1, -0.05) is 17.7 Å². The molecule has 0 saturated carbocycles. The third kappa shape index (κ3) is 2.43. The average Bonchev–Trinajstić information content (AvgIpc) is 2.82. The molecule has 0 N–H and O–H groups in total. The van der Waals surface area contributed by atoms with E-state index in [1.807, 2.05) is 13.0 Å². The van der Waals surface area contributed by atoms with Crippen LogP contribution in [-0.4, -0.2) is 9.97 Å². The molecule has 3 nitrogen and oxygen atoms in total. The van der Waals surface area contributed by atoms with E-state index < -0.39 is 0 Å². The molecule has 0 atom stereocenters. The van der Waals surface area contributed by atoms with Crippen molar-refractivity contribution < 1.29 is 4.74 Å². The zero-order valence-corrected chi connectivity index (χ0v) is 11.8. The van der Waals surface area contributed by atoms with Crippen molar-refractivity contribution in [2.24, 2.45) is 0 Å². The first-order valence-electron chi connectivity index (χ1n) is 6.44. The first kappa shape index (κ1) is 12.4. The quantitative estimate of drug-likeness (QED) is 0.776. The fourth-order valence-corrected chi connectivity index (χ4v) is 2.60. The second-order valence-corrected chi connectivity index (χ2v) is 5.24. The number of ether oxygens (including phenoxy) is 1. The number of hydrogen-bond donors (Lipinski definition) is 0. The maximum absolute atomic E-state index is 6.05. The lowest BCUT2D eigenvalue weighted by Gasteiger charge is -2.10. The summed E-state index contributed by atoms with van der Waals surface area (Å²) in [6, 6.07) is 6.24. The van der Waals surface area contributed by atoms with E-state index in [4.69, 9.17) is 16.3 Å². The molecule has 0 spiro atoms. The van der Waals surface area contributed by atoms with Gasteiger partial charge in [-0.25, -0.2) is 4.98 Å². The second kappa shape index (κ2) is 4.82. The summed E-state index contributed by atoms with van der Waals surface area (Å²) in [6.07, 6.45) is 3.54. The Morgan fingerprint density at radius 3 is 2.74 bits per heavy atom. The van der Waals surface area contributed by atoms with Gasteiger partial charge in [-0.3, -0.25) is 0 Å². The van der Waals surface area contributed by atoms with E-state index in [1.54, 1.807) is 6.92 Å². The molecule has 2 aromatic rings. The predicted molar refractivity (Wildman–Crippen MR) is 75.1 cm³/mol. The lowest BCUT2D eigenvalue weighted by molar-refractivity contribution is 0.455. The molecular weight excluding hydrogens is 260 g/mol. The molecule has 1 aromatic heterocycles. The number of halogens is 1. The summed E-state index contributed by atoms with van der Waals surface area (Å²) in [7, 11) is 0. The first-order chi connectivity index (χ1) is 9.13. The van der Waals surface area contributed by atoms with E-state index in [0.29, 0.717) is 16.9 Å². The molecule has 0 amide bonds. The molecule has 98 valence electrons. The van der Waals surface area contributed by atoms with Crippen LogP contribution in [0.3, 0.4) is 0 Å². The highest BCUT2D eigenvalue weighted by Gasteiger charge is 2.13. The minimum atomic E-state index is 0.448. The maximum atomic E-state index is 6.05. The summed E-state index contributed by atoms with van der Waals surface area (Å²) in [5.41, 5.74) is 3.58. The number of benzene rings is 1. The van der Waals surface area contributed by atoms with Crippen molar-refractivity contribution in [3.8, 4) is 11.6 Å². The molecule has 1 aromatic carbocycles. The molecule has 4 heteroatoms. The number of fused-ring (bicyclic) bond motifs is 1. The standard InChI is InChI=1S/C15H15ClN2O/c1-9-14(16)17-10(2)18-15(9)19-13-7-6-11-4-3-5-12(11)8-13/h6-8H,3-5H2,1-2H3. The van der Waals surface area contributed by atoms with Crippen molar-refractivity contribution in [3.63, 3.8) is 0 Å². The van der Waals surface area contributed by atoms with Crippen LogP contribution in [0.2, 0.25) is 5.15 Å². The minimum Gasteiger partial charge on any atom is -0.439 e. The Labute approximate surface area is 117 Å². The maximum Gasteiger partial charge on any atom is 0.226 e. The molecule has 0 unspecified atom stereocenters. The topological polar surface area (TPSA) is 35.0 Å². The molecule has 0 saturated heterocycles. The van der Waals surface area contributed by atoms with E-state index in [-0.39, 0.29) is 0 Å². The molecule has 19 heavy (non-hydrogen) atoms. The van der Waals surface area contributed by atoms with Crippen LogP contribution in [0.1, 0.15) is 28.9 Å². The first-order valence-corrected chi connectivity index (χ1v) is 6.81. The van der Waals surface area contributed by atoms with Crippen LogP contribution in [0.4, 0.5) is 0 Å². The third-order valence-corrected chi connectivity index (χ3v) is 3.81. The smallest absolute Gasteiger partial charge is 0.226 e. The van der Waals surface area contributed by atoms with Crippen molar-refractivity contribution in [2.45, 2.75) is 33.1 Å². The van der Waals surface area contributed by atoms with Crippen molar-refractivity contribution in [1.82, 2.24) is 9.97 Å². The summed E-state index contributed by atoms with van der Waals surface area (Å²) in [5.74, 6) is 1.97. The number of rotatable bonds is 2. The Bertz CT molecular complexity index is 640. The second-order valence-electron chi connectivity index (χ2n) is 4.88. The van der Waals surface area contributed by atoms with Gasteiger partial charge in [0.2, 0.25) is 5.88 Å². The molecule has 0 fully saturated rings. The molecule has 1 aliphatic carbocycles. The number of aromatic nitrogens is 2. The SMILES string of the molecule is Cc1nc(Cl)c(C)c(Oc2ccc3c(c2)CCC3)n1.